The van der Waals surface area contributed by atoms with Crippen LogP contribution in [0.1, 0.15) is 12.5 Å². The van der Waals surface area contributed by atoms with Gasteiger partial charge in [-0.15, -0.1) is 0 Å². The van der Waals surface area contributed by atoms with E-state index in [2.05, 4.69) is 4.98 Å². The molecule has 0 N–H and O–H groups in total. The SMILES string of the molecule is CCOC(=O)CN(C)Cc1ccc(Cl)nc1Cl. The van der Waals surface area contributed by atoms with Crippen LogP contribution in [0.25, 0.3) is 0 Å². The number of rotatable bonds is 5. The summed E-state index contributed by atoms with van der Waals surface area (Å²) in [6.45, 7) is 2.89. The Balaban J connectivity index is 2.55. The van der Waals surface area contributed by atoms with Gasteiger partial charge in [0.15, 0.2) is 0 Å². The molecule has 0 unspecified atom stereocenters. The predicted molar refractivity (Wildman–Crippen MR) is 67.2 cm³/mol. The van der Waals surface area contributed by atoms with Crippen molar-refractivity contribution in [2.45, 2.75) is 13.5 Å². The van der Waals surface area contributed by atoms with Crippen LogP contribution in [0.3, 0.4) is 0 Å². The van der Waals surface area contributed by atoms with Crippen LogP contribution in [-0.2, 0) is 16.1 Å². The van der Waals surface area contributed by atoms with E-state index in [1.165, 1.54) is 0 Å². The summed E-state index contributed by atoms with van der Waals surface area (Å²) in [6.07, 6.45) is 0. The van der Waals surface area contributed by atoms with Crippen LogP contribution in [-0.4, -0.2) is 36.1 Å². The molecule has 1 rings (SSSR count). The zero-order valence-electron chi connectivity index (χ0n) is 9.74. The normalized spacial score (nSPS) is 10.6. The van der Waals surface area contributed by atoms with Gasteiger partial charge in [-0.2, -0.15) is 0 Å². The van der Waals surface area contributed by atoms with E-state index in [-0.39, 0.29) is 12.5 Å². The molecule has 0 atom stereocenters. The van der Waals surface area contributed by atoms with Gasteiger partial charge >= 0.3 is 5.97 Å². The highest BCUT2D eigenvalue weighted by atomic mass is 35.5. The van der Waals surface area contributed by atoms with Crippen LogP contribution in [0.15, 0.2) is 12.1 Å². The monoisotopic (exact) mass is 276 g/mol. The van der Waals surface area contributed by atoms with Crippen molar-refractivity contribution in [3.8, 4) is 0 Å². The van der Waals surface area contributed by atoms with Gasteiger partial charge in [0.25, 0.3) is 0 Å². The van der Waals surface area contributed by atoms with E-state index in [0.29, 0.717) is 23.5 Å². The second kappa shape index (κ2) is 6.79. The smallest absolute Gasteiger partial charge is 0.320 e. The van der Waals surface area contributed by atoms with Gasteiger partial charge in [0.05, 0.1) is 13.2 Å². The van der Waals surface area contributed by atoms with Gasteiger partial charge in [0, 0.05) is 12.1 Å². The standard InChI is InChI=1S/C11H14Cl2N2O2/c1-3-17-10(16)7-15(2)6-8-4-5-9(12)14-11(8)13/h4-5H,3,6-7H2,1-2H3. The predicted octanol–water partition coefficient (Wildman–Crippen LogP) is 2.38. The fourth-order valence-electron chi connectivity index (χ4n) is 1.33. The minimum Gasteiger partial charge on any atom is -0.465 e. The van der Waals surface area contributed by atoms with Gasteiger partial charge in [-0.25, -0.2) is 4.98 Å². The molecule has 0 saturated carbocycles. The molecule has 0 aromatic carbocycles. The summed E-state index contributed by atoms with van der Waals surface area (Å²) < 4.78 is 4.85. The van der Waals surface area contributed by atoms with E-state index in [9.17, 15) is 4.79 Å². The zero-order valence-corrected chi connectivity index (χ0v) is 11.3. The Hall–Kier alpha value is -0.840. The third-order valence-corrected chi connectivity index (χ3v) is 2.57. The van der Waals surface area contributed by atoms with Gasteiger partial charge < -0.3 is 4.74 Å². The van der Waals surface area contributed by atoms with Gasteiger partial charge in [0.1, 0.15) is 10.3 Å². The molecule has 0 spiro atoms. The van der Waals surface area contributed by atoms with Crippen molar-refractivity contribution < 1.29 is 9.53 Å². The number of nitrogens with zero attached hydrogens (tertiary/aromatic N) is 2. The number of ether oxygens (including phenoxy) is 1. The van der Waals surface area contributed by atoms with Crippen LogP contribution in [0.5, 0.6) is 0 Å². The Morgan fingerprint density at radius 3 is 2.76 bits per heavy atom. The number of aromatic nitrogens is 1. The maximum absolute atomic E-state index is 11.2. The highest BCUT2D eigenvalue weighted by Gasteiger charge is 2.10. The van der Waals surface area contributed by atoms with Crippen molar-refractivity contribution in [2.24, 2.45) is 0 Å². The summed E-state index contributed by atoms with van der Waals surface area (Å²) in [5.41, 5.74) is 0.822. The zero-order chi connectivity index (χ0) is 12.8. The van der Waals surface area contributed by atoms with Crippen LogP contribution < -0.4 is 0 Å². The number of pyridine rings is 1. The van der Waals surface area contributed by atoms with Gasteiger partial charge in [-0.3, -0.25) is 9.69 Å². The van der Waals surface area contributed by atoms with Crippen LogP contribution in [0, 0.1) is 0 Å². The molecule has 0 radical (unpaired) electrons. The third kappa shape index (κ3) is 4.89. The first-order valence-corrected chi connectivity index (χ1v) is 5.93. The lowest BCUT2D eigenvalue weighted by atomic mass is 10.2. The molecule has 0 amide bonds. The molecule has 1 aromatic heterocycles. The molecule has 17 heavy (non-hydrogen) atoms. The highest BCUT2D eigenvalue weighted by molar-refractivity contribution is 6.32. The second-order valence-corrected chi connectivity index (χ2v) is 4.31. The maximum Gasteiger partial charge on any atom is 0.320 e. The maximum atomic E-state index is 11.2. The van der Waals surface area contributed by atoms with Gasteiger partial charge in [-0.1, -0.05) is 29.3 Å². The number of hydrogen-bond acceptors (Lipinski definition) is 4. The van der Waals surface area contributed by atoms with Crippen LogP contribution in [0.4, 0.5) is 0 Å². The molecule has 4 nitrogen and oxygen atoms in total. The van der Waals surface area contributed by atoms with Crippen molar-refractivity contribution in [2.75, 3.05) is 20.2 Å². The minimum atomic E-state index is -0.256. The Morgan fingerprint density at radius 2 is 2.18 bits per heavy atom. The first-order chi connectivity index (χ1) is 8.02. The summed E-state index contributed by atoms with van der Waals surface area (Å²) in [7, 11) is 1.81. The molecule has 0 saturated heterocycles. The van der Waals surface area contributed by atoms with E-state index in [1.54, 1.807) is 24.0 Å². The fraction of sp³-hybridized carbons (Fsp3) is 0.455. The molecule has 6 heteroatoms. The first kappa shape index (κ1) is 14.2. The quantitative estimate of drug-likeness (QED) is 0.612. The number of hydrogen-bond donors (Lipinski definition) is 0. The van der Waals surface area contributed by atoms with Crippen molar-refractivity contribution >= 4 is 29.2 Å². The molecule has 0 aliphatic carbocycles. The molecule has 94 valence electrons. The van der Waals surface area contributed by atoms with Gasteiger partial charge in [-0.05, 0) is 20.0 Å². The summed E-state index contributed by atoms with van der Waals surface area (Å²) in [5, 5.41) is 0.708. The van der Waals surface area contributed by atoms with E-state index >= 15 is 0 Å². The van der Waals surface area contributed by atoms with Crippen molar-refractivity contribution in [3.05, 3.63) is 28.0 Å². The van der Waals surface area contributed by atoms with E-state index < -0.39 is 0 Å². The molecule has 1 heterocycles. The lowest BCUT2D eigenvalue weighted by Crippen LogP contribution is -2.27. The average Bonchev–Trinajstić information content (AvgIpc) is 2.22. The lowest BCUT2D eigenvalue weighted by Gasteiger charge is -2.16. The average molecular weight is 277 g/mol. The lowest BCUT2D eigenvalue weighted by molar-refractivity contribution is -0.144. The Kier molecular flexibility index (Phi) is 5.68. The van der Waals surface area contributed by atoms with Crippen molar-refractivity contribution in [3.63, 3.8) is 0 Å². The Bertz CT molecular complexity index is 399. The van der Waals surface area contributed by atoms with Crippen LogP contribution >= 0.6 is 23.2 Å². The van der Waals surface area contributed by atoms with Crippen molar-refractivity contribution in [1.82, 2.24) is 9.88 Å². The van der Waals surface area contributed by atoms with Crippen molar-refractivity contribution in [1.29, 1.82) is 0 Å². The molecule has 1 aromatic rings. The van der Waals surface area contributed by atoms with Gasteiger partial charge in [0.2, 0.25) is 0 Å². The molecule has 0 fully saturated rings. The molecule has 0 bridgehead atoms. The second-order valence-electron chi connectivity index (χ2n) is 3.56. The number of carbonyl (C=O) groups excluding carboxylic acids is 1. The largest absolute Gasteiger partial charge is 0.465 e. The van der Waals surface area contributed by atoms with E-state index in [4.69, 9.17) is 27.9 Å². The number of halogens is 2. The first-order valence-electron chi connectivity index (χ1n) is 5.18. The number of esters is 1. The highest BCUT2D eigenvalue weighted by Crippen LogP contribution is 2.17. The number of carbonyl (C=O) groups is 1. The minimum absolute atomic E-state index is 0.215. The molecular formula is C11H14Cl2N2O2. The fourth-order valence-corrected chi connectivity index (χ4v) is 1.74. The summed E-state index contributed by atoms with van der Waals surface area (Å²) in [5.74, 6) is -0.256. The molecule has 0 aliphatic rings. The molecule has 0 aliphatic heterocycles. The summed E-state index contributed by atoms with van der Waals surface area (Å²) >= 11 is 11.6. The number of likely N-dealkylation sites (N-methyl/N-ethyl adjacent to an activating group) is 1. The Labute approximate surface area is 110 Å². The molecular weight excluding hydrogens is 263 g/mol. The summed E-state index contributed by atoms with van der Waals surface area (Å²) in [6, 6.07) is 3.46. The van der Waals surface area contributed by atoms with E-state index in [0.717, 1.165) is 5.56 Å². The summed E-state index contributed by atoms with van der Waals surface area (Å²) in [4.78, 5) is 17.0. The topological polar surface area (TPSA) is 42.4 Å². The van der Waals surface area contributed by atoms with Crippen LogP contribution in [0.2, 0.25) is 10.3 Å². The van der Waals surface area contributed by atoms with E-state index in [1.807, 2.05) is 7.05 Å². The Morgan fingerprint density at radius 1 is 1.47 bits per heavy atom. The third-order valence-electron chi connectivity index (χ3n) is 2.04.